The first-order chi connectivity index (χ1) is 23.7. The van der Waals surface area contributed by atoms with Gasteiger partial charge in [-0.2, -0.15) is 0 Å². The molecule has 51 heavy (non-hydrogen) atoms. The van der Waals surface area contributed by atoms with Crippen molar-refractivity contribution < 1.29 is 49.3 Å². The largest absolute Gasteiger partial charge is 0.481 e. The highest BCUT2D eigenvalue weighted by atomic mass is 16.6. The van der Waals surface area contributed by atoms with E-state index in [0.717, 1.165) is 103 Å². The lowest BCUT2D eigenvalue weighted by molar-refractivity contribution is -0.147. The average molecular weight is 731 g/mol. The molecular formula is C41H78O10. The number of rotatable bonds is 31. The molecule has 2 aliphatic rings. The van der Waals surface area contributed by atoms with Gasteiger partial charge in [-0.05, 0) is 38.5 Å². The van der Waals surface area contributed by atoms with E-state index in [1.807, 2.05) is 24.3 Å². The Balaban J connectivity index is 0. The third-order valence-corrected chi connectivity index (χ3v) is 8.89. The molecule has 2 saturated heterocycles. The van der Waals surface area contributed by atoms with Crippen LogP contribution < -0.4 is 0 Å². The average Bonchev–Trinajstić information content (AvgIpc) is 4.01. The quantitative estimate of drug-likeness (QED) is 0.0203. The predicted molar refractivity (Wildman–Crippen MR) is 206 cm³/mol. The minimum Gasteiger partial charge on any atom is -0.481 e. The van der Waals surface area contributed by atoms with Crippen LogP contribution in [0.2, 0.25) is 0 Å². The van der Waals surface area contributed by atoms with E-state index in [9.17, 15) is 19.8 Å². The number of hydrogen-bond donors (Lipinski definition) is 5. The molecule has 2 aliphatic heterocycles. The first-order valence-electron chi connectivity index (χ1n) is 19.4. The first kappa shape index (κ1) is 51.3. The van der Waals surface area contributed by atoms with Crippen LogP contribution in [0.15, 0.2) is 24.3 Å². The number of ether oxygens (including phenoxy) is 3. The number of epoxide rings is 2. The topological polar surface area (TPSA) is 170 Å². The van der Waals surface area contributed by atoms with E-state index in [1.165, 1.54) is 25.7 Å². The van der Waals surface area contributed by atoms with Crippen LogP contribution in [0.3, 0.4) is 0 Å². The summed E-state index contributed by atoms with van der Waals surface area (Å²) in [5.74, 6) is -1.02. The number of carbonyl (C=O) groups is 2. The third kappa shape index (κ3) is 31.4. The Morgan fingerprint density at radius 1 is 0.647 bits per heavy atom. The van der Waals surface area contributed by atoms with Crippen LogP contribution in [0.25, 0.3) is 0 Å². The predicted octanol–water partition coefficient (Wildman–Crippen LogP) is 8.22. The number of esters is 1. The Labute approximate surface area is 311 Å². The molecule has 302 valence electrons. The Morgan fingerprint density at radius 2 is 1.08 bits per heavy atom. The molecule has 0 aromatic heterocycles. The number of hydrogen-bond acceptors (Lipinski definition) is 9. The number of unbranched alkanes of at least 4 members (excludes halogenated alkanes) is 12. The maximum Gasteiger partial charge on any atom is 0.305 e. The van der Waals surface area contributed by atoms with Gasteiger partial charge in [0.15, 0.2) is 0 Å². The van der Waals surface area contributed by atoms with Crippen molar-refractivity contribution in [3.05, 3.63) is 24.3 Å². The van der Waals surface area contributed by atoms with Crippen molar-refractivity contribution in [1.29, 1.82) is 0 Å². The third-order valence-electron chi connectivity index (χ3n) is 8.89. The lowest BCUT2D eigenvalue weighted by Gasteiger charge is -2.08. The van der Waals surface area contributed by atoms with E-state index in [4.69, 9.17) is 29.5 Å². The van der Waals surface area contributed by atoms with E-state index in [1.54, 1.807) is 0 Å². The van der Waals surface area contributed by atoms with Gasteiger partial charge >= 0.3 is 11.9 Å². The second kappa shape index (κ2) is 34.0. The van der Waals surface area contributed by atoms with Gasteiger partial charge in [0.25, 0.3) is 0 Å². The highest BCUT2D eigenvalue weighted by Crippen LogP contribution is 2.30. The Morgan fingerprint density at radius 3 is 1.51 bits per heavy atom. The number of carboxylic acid groups (broad SMARTS) is 1. The lowest BCUT2D eigenvalue weighted by Crippen LogP contribution is -2.21. The Hall–Kier alpha value is -1.82. The van der Waals surface area contributed by atoms with Crippen molar-refractivity contribution >= 4 is 11.9 Å². The maximum absolute atomic E-state index is 11.4. The minimum atomic E-state index is -0.985. The van der Waals surface area contributed by atoms with Crippen LogP contribution >= 0.6 is 0 Å². The van der Waals surface area contributed by atoms with Gasteiger partial charge in [-0.3, -0.25) is 9.59 Å². The standard InChI is InChI=1S/C21H38O6.C18H32O4.2CH4/c1-2-3-7-10-17(23)13-14-20-19(27-20)11-8-5-4-6-9-12-21(25)26-16-18(24)15-22;1-2-3-7-10-15(19)13-14-17-16(22-17)11-8-5-4-6-9-12-18(20)21;;/h13-14,17-20,22-24H,2-12,15-16H2,1H3;13-17,19H,2-12H2,1H3,(H,20,21);2*1H4/b2*14-13+;;. The fourth-order valence-corrected chi connectivity index (χ4v) is 5.60. The second-order valence-electron chi connectivity index (χ2n) is 13.7. The summed E-state index contributed by atoms with van der Waals surface area (Å²) in [5.41, 5.74) is 0. The molecule has 0 aliphatic carbocycles. The number of aliphatic hydroxyl groups excluding tert-OH is 4. The van der Waals surface area contributed by atoms with Crippen LogP contribution in [0.1, 0.15) is 170 Å². The van der Waals surface area contributed by atoms with Gasteiger partial charge in [0.1, 0.15) is 24.9 Å². The maximum atomic E-state index is 11.4. The molecule has 2 heterocycles. The van der Waals surface area contributed by atoms with Crippen molar-refractivity contribution in [3.63, 3.8) is 0 Å². The molecule has 0 aromatic rings. The summed E-state index contributed by atoms with van der Waals surface area (Å²) in [6.07, 6.45) is 28.7. The van der Waals surface area contributed by atoms with E-state index >= 15 is 0 Å². The van der Waals surface area contributed by atoms with Crippen LogP contribution in [0.4, 0.5) is 0 Å². The normalized spacial score (nSPS) is 20.8. The molecule has 10 heteroatoms. The Kier molecular flexibility index (Phi) is 34.2. The van der Waals surface area contributed by atoms with Gasteiger partial charge < -0.3 is 39.7 Å². The van der Waals surface area contributed by atoms with Crippen LogP contribution in [-0.4, -0.2) is 93.4 Å². The molecule has 0 saturated carbocycles. The first-order valence-corrected chi connectivity index (χ1v) is 19.4. The summed E-state index contributed by atoms with van der Waals surface area (Å²) in [6.45, 7) is 3.79. The molecule has 0 aromatic carbocycles. The highest BCUT2D eigenvalue weighted by Gasteiger charge is 2.36. The monoisotopic (exact) mass is 731 g/mol. The van der Waals surface area contributed by atoms with Crippen LogP contribution in [0.5, 0.6) is 0 Å². The number of aliphatic carboxylic acids is 1. The fraction of sp³-hybridized carbons (Fsp3) is 0.854. The van der Waals surface area contributed by atoms with E-state index < -0.39 is 18.7 Å². The second-order valence-corrected chi connectivity index (χ2v) is 13.7. The molecule has 7 unspecified atom stereocenters. The van der Waals surface area contributed by atoms with Crippen molar-refractivity contribution in [1.82, 2.24) is 0 Å². The zero-order chi connectivity index (χ0) is 36.1. The molecule has 2 fully saturated rings. The van der Waals surface area contributed by atoms with Crippen molar-refractivity contribution in [3.8, 4) is 0 Å². The van der Waals surface area contributed by atoms with E-state index in [2.05, 4.69) is 13.8 Å². The zero-order valence-corrected chi connectivity index (χ0v) is 30.6. The summed E-state index contributed by atoms with van der Waals surface area (Å²) in [4.78, 5) is 21.8. The summed E-state index contributed by atoms with van der Waals surface area (Å²) < 4.78 is 16.0. The summed E-state index contributed by atoms with van der Waals surface area (Å²) in [5, 5.41) is 45.9. The van der Waals surface area contributed by atoms with Gasteiger partial charge in [-0.15, -0.1) is 0 Å². The van der Waals surface area contributed by atoms with Gasteiger partial charge in [0.05, 0.1) is 31.0 Å². The molecular weight excluding hydrogens is 652 g/mol. The van der Waals surface area contributed by atoms with E-state index in [-0.39, 0.29) is 51.8 Å². The SMILES string of the molecule is C.C.CCCCCC(O)/C=C/C1OC1CCCCCCCC(=O)O.CCCCCC(O)/C=C/C1OC1CCCCCCCC(=O)OCC(O)CO. The molecule has 7 atom stereocenters. The number of carboxylic acids is 1. The van der Waals surface area contributed by atoms with Crippen molar-refractivity contribution in [2.24, 2.45) is 0 Å². The molecule has 0 amide bonds. The van der Waals surface area contributed by atoms with Gasteiger partial charge in [-0.1, -0.05) is 143 Å². The van der Waals surface area contributed by atoms with Gasteiger partial charge in [0.2, 0.25) is 0 Å². The van der Waals surface area contributed by atoms with Crippen LogP contribution in [-0.2, 0) is 23.8 Å². The number of aliphatic hydroxyl groups is 4. The Bertz CT molecular complexity index is 879. The molecule has 0 radical (unpaired) electrons. The summed E-state index contributed by atoms with van der Waals surface area (Å²) in [7, 11) is 0. The zero-order valence-electron chi connectivity index (χ0n) is 30.6. The van der Waals surface area contributed by atoms with Gasteiger partial charge in [0, 0.05) is 12.8 Å². The van der Waals surface area contributed by atoms with Gasteiger partial charge in [-0.25, -0.2) is 0 Å². The smallest absolute Gasteiger partial charge is 0.305 e. The molecule has 10 nitrogen and oxygen atoms in total. The van der Waals surface area contributed by atoms with E-state index in [0.29, 0.717) is 25.0 Å². The highest BCUT2D eigenvalue weighted by molar-refractivity contribution is 5.69. The minimum absolute atomic E-state index is 0. The summed E-state index contributed by atoms with van der Waals surface area (Å²) >= 11 is 0. The number of carbonyl (C=O) groups excluding carboxylic acids is 1. The molecule has 2 rings (SSSR count). The lowest BCUT2D eigenvalue weighted by atomic mass is 10.1. The molecule has 0 spiro atoms. The summed E-state index contributed by atoms with van der Waals surface area (Å²) in [6, 6.07) is 0. The molecule has 0 bridgehead atoms. The van der Waals surface area contributed by atoms with Crippen molar-refractivity contribution in [2.75, 3.05) is 13.2 Å². The van der Waals surface area contributed by atoms with Crippen LogP contribution in [0, 0.1) is 0 Å². The fourth-order valence-electron chi connectivity index (χ4n) is 5.60. The van der Waals surface area contributed by atoms with Crippen molar-refractivity contribution in [2.45, 2.75) is 213 Å². The molecule has 5 N–H and O–H groups in total.